The molecule has 28 heavy (non-hydrogen) atoms. The molecule has 0 unspecified atom stereocenters. The van der Waals surface area contributed by atoms with Crippen LogP contribution in [0.2, 0.25) is 0 Å². The van der Waals surface area contributed by atoms with Gasteiger partial charge in [-0.25, -0.2) is 4.98 Å². The van der Waals surface area contributed by atoms with Crippen LogP contribution < -0.4 is 5.32 Å². The highest BCUT2D eigenvalue weighted by Crippen LogP contribution is 2.25. The van der Waals surface area contributed by atoms with Crippen molar-refractivity contribution < 1.29 is 14.1 Å². The average molecular weight is 398 g/mol. The Balaban J connectivity index is 1.39. The SMILES string of the molecule is Cc1cc(NC(=O)Cc2csc(-c3cccc(CN4CCOCC4)c3)n2)no1. The van der Waals surface area contributed by atoms with Gasteiger partial charge in [0.15, 0.2) is 5.82 Å². The van der Waals surface area contributed by atoms with E-state index in [1.165, 1.54) is 5.56 Å². The summed E-state index contributed by atoms with van der Waals surface area (Å²) in [7, 11) is 0. The van der Waals surface area contributed by atoms with Gasteiger partial charge in [-0.1, -0.05) is 23.4 Å². The molecule has 1 aromatic carbocycles. The molecule has 7 nitrogen and oxygen atoms in total. The molecule has 4 rings (SSSR count). The standard InChI is InChI=1S/C20H22N4O3S/c1-14-9-18(23-27-14)22-19(25)11-17-13-28-20(21-17)16-4-2-3-15(10-16)12-24-5-7-26-8-6-24/h2-4,9-10,13H,5-8,11-12H2,1H3,(H,22,23,25). The van der Waals surface area contributed by atoms with Crippen LogP contribution in [-0.4, -0.2) is 47.3 Å². The first kappa shape index (κ1) is 18.8. The fraction of sp³-hybridized carbons (Fsp3) is 0.350. The first-order chi connectivity index (χ1) is 13.7. The van der Waals surface area contributed by atoms with Crippen LogP contribution in [-0.2, 0) is 22.5 Å². The quantitative estimate of drug-likeness (QED) is 0.687. The maximum atomic E-state index is 12.2. The first-order valence-corrected chi connectivity index (χ1v) is 10.1. The Hall–Kier alpha value is -2.55. The lowest BCUT2D eigenvalue weighted by Gasteiger charge is -2.26. The third kappa shape index (κ3) is 4.83. The summed E-state index contributed by atoms with van der Waals surface area (Å²) in [4.78, 5) is 19.2. The van der Waals surface area contributed by atoms with Crippen LogP contribution in [0.5, 0.6) is 0 Å². The summed E-state index contributed by atoms with van der Waals surface area (Å²) in [6.45, 7) is 6.21. The molecule has 1 N–H and O–H groups in total. The maximum Gasteiger partial charge on any atom is 0.231 e. The number of nitrogens with zero attached hydrogens (tertiary/aromatic N) is 3. The highest BCUT2D eigenvalue weighted by molar-refractivity contribution is 7.13. The van der Waals surface area contributed by atoms with Crippen molar-refractivity contribution >= 4 is 23.1 Å². The topological polar surface area (TPSA) is 80.5 Å². The number of hydrogen-bond acceptors (Lipinski definition) is 7. The molecule has 0 bridgehead atoms. The number of thiazole rings is 1. The molecular formula is C20H22N4O3S. The fourth-order valence-electron chi connectivity index (χ4n) is 3.12. The molecule has 3 heterocycles. The number of morpholine rings is 1. The molecule has 1 fully saturated rings. The van der Waals surface area contributed by atoms with Gasteiger partial charge >= 0.3 is 0 Å². The zero-order chi connectivity index (χ0) is 19.3. The van der Waals surface area contributed by atoms with Gasteiger partial charge in [0, 0.05) is 36.6 Å². The molecule has 0 radical (unpaired) electrons. The number of aryl methyl sites for hydroxylation is 1. The average Bonchev–Trinajstić information content (AvgIpc) is 3.32. The molecule has 3 aromatic rings. The zero-order valence-corrected chi connectivity index (χ0v) is 16.5. The van der Waals surface area contributed by atoms with E-state index in [0.717, 1.165) is 49.1 Å². The van der Waals surface area contributed by atoms with Gasteiger partial charge < -0.3 is 14.6 Å². The lowest BCUT2D eigenvalue weighted by Crippen LogP contribution is -2.35. The van der Waals surface area contributed by atoms with E-state index in [1.54, 1.807) is 24.3 Å². The molecule has 1 aliphatic rings. The summed E-state index contributed by atoms with van der Waals surface area (Å²) in [5.74, 6) is 0.920. The summed E-state index contributed by atoms with van der Waals surface area (Å²) < 4.78 is 10.4. The number of benzene rings is 1. The van der Waals surface area contributed by atoms with Crippen LogP contribution >= 0.6 is 11.3 Å². The van der Waals surface area contributed by atoms with Crippen LogP contribution in [0.15, 0.2) is 40.2 Å². The van der Waals surface area contributed by atoms with Crippen molar-refractivity contribution in [3.63, 3.8) is 0 Å². The molecule has 1 aliphatic heterocycles. The van der Waals surface area contributed by atoms with Crippen molar-refractivity contribution in [1.82, 2.24) is 15.0 Å². The van der Waals surface area contributed by atoms with E-state index >= 15 is 0 Å². The van der Waals surface area contributed by atoms with Gasteiger partial charge in [0.2, 0.25) is 5.91 Å². The normalized spacial score (nSPS) is 14.9. The van der Waals surface area contributed by atoms with E-state index in [0.29, 0.717) is 11.6 Å². The summed E-state index contributed by atoms with van der Waals surface area (Å²) in [6, 6.07) is 10.1. The third-order valence-corrected chi connectivity index (χ3v) is 5.41. The minimum absolute atomic E-state index is 0.161. The van der Waals surface area contributed by atoms with Crippen molar-refractivity contribution in [3.8, 4) is 10.6 Å². The van der Waals surface area contributed by atoms with Crippen LogP contribution in [0.25, 0.3) is 10.6 Å². The number of amides is 1. The Morgan fingerprint density at radius 1 is 1.29 bits per heavy atom. The molecule has 0 spiro atoms. The fourth-order valence-corrected chi connectivity index (χ4v) is 3.93. The smallest absolute Gasteiger partial charge is 0.231 e. The number of nitrogens with one attached hydrogen (secondary N) is 1. The number of anilines is 1. The van der Waals surface area contributed by atoms with Crippen molar-refractivity contribution in [2.24, 2.45) is 0 Å². The minimum atomic E-state index is -0.161. The predicted octanol–water partition coefficient (Wildman–Crippen LogP) is 3.12. The maximum absolute atomic E-state index is 12.2. The molecule has 2 aromatic heterocycles. The van der Waals surface area contributed by atoms with Gasteiger partial charge in [0.25, 0.3) is 0 Å². The second-order valence-electron chi connectivity index (χ2n) is 6.78. The second kappa shape index (κ2) is 8.64. The van der Waals surface area contributed by atoms with E-state index < -0.39 is 0 Å². The number of hydrogen-bond donors (Lipinski definition) is 1. The second-order valence-corrected chi connectivity index (χ2v) is 7.64. The number of rotatable bonds is 6. The summed E-state index contributed by atoms with van der Waals surface area (Å²) in [5.41, 5.74) is 3.08. The Kier molecular flexibility index (Phi) is 5.80. The number of carbonyl (C=O) groups is 1. The molecule has 146 valence electrons. The largest absolute Gasteiger partial charge is 0.379 e. The predicted molar refractivity (Wildman–Crippen MR) is 107 cm³/mol. The van der Waals surface area contributed by atoms with Crippen LogP contribution in [0.3, 0.4) is 0 Å². The molecule has 1 amide bonds. The van der Waals surface area contributed by atoms with E-state index in [4.69, 9.17) is 9.26 Å². The van der Waals surface area contributed by atoms with Crippen molar-refractivity contribution in [1.29, 1.82) is 0 Å². The van der Waals surface area contributed by atoms with E-state index in [9.17, 15) is 4.79 Å². The Morgan fingerprint density at radius 3 is 2.93 bits per heavy atom. The van der Waals surface area contributed by atoms with Crippen molar-refractivity contribution in [2.45, 2.75) is 19.9 Å². The van der Waals surface area contributed by atoms with E-state index in [-0.39, 0.29) is 12.3 Å². The Labute approximate surface area is 167 Å². The van der Waals surface area contributed by atoms with Crippen LogP contribution in [0, 0.1) is 6.92 Å². The van der Waals surface area contributed by atoms with Gasteiger partial charge in [-0.15, -0.1) is 11.3 Å². The van der Waals surface area contributed by atoms with Crippen molar-refractivity contribution in [3.05, 3.63) is 52.7 Å². The lowest BCUT2D eigenvalue weighted by atomic mass is 10.1. The summed E-state index contributed by atoms with van der Waals surface area (Å²) in [6.07, 6.45) is 0.204. The number of carbonyl (C=O) groups excluding carboxylic acids is 1. The number of aromatic nitrogens is 2. The van der Waals surface area contributed by atoms with Gasteiger partial charge in [-0.3, -0.25) is 9.69 Å². The Bertz CT molecular complexity index is 946. The molecular weight excluding hydrogens is 376 g/mol. The summed E-state index contributed by atoms with van der Waals surface area (Å²) in [5, 5.41) is 9.34. The highest BCUT2D eigenvalue weighted by Gasteiger charge is 2.13. The molecule has 0 atom stereocenters. The molecule has 8 heteroatoms. The van der Waals surface area contributed by atoms with Gasteiger partial charge in [0.1, 0.15) is 10.8 Å². The van der Waals surface area contributed by atoms with Crippen molar-refractivity contribution in [2.75, 3.05) is 31.6 Å². The van der Waals surface area contributed by atoms with E-state index in [1.807, 2.05) is 5.38 Å². The van der Waals surface area contributed by atoms with Gasteiger partial charge in [-0.05, 0) is 18.6 Å². The summed E-state index contributed by atoms with van der Waals surface area (Å²) >= 11 is 1.55. The Morgan fingerprint density at radius 2 is 2.14 bits per heavy atom. The third-order valence-electron chi connectivity index (χ3n) is 4.47. The van der Waals surface area contributed by atoms with Crippen LogP contribution in [0.1, 0.15) is 17.0 Å². The first-order valence-electron chi connectivity index (χ1n) is 9.23. The molecule has 0 saturated carbocycles. The monoisotopic (exact) mass is 398 g/mol. The van der Waals surface area contributed by atoms with E-state index in [2.05, 4.69) is 44.6 Å². The zero-order valence-electron chi connectivity index (χ0n) is 15.7. The van der Waals surface area contributed by atoms with Gasteiger partial charge in [-0.2, -0.15) is 0 Å². The minimum Gasteiger partial charge on any atom is -0.379 e. The molecule has 1 saturated heterocycles. The molecule has 0 aliphatic carbocycles. The highest BCUT2D eigenvalue weighted by atomic mass is 32.1. The van der Waals surface area contributed by atoms with Crippen LogP contribution in [0.4, 0.5) is 5.82 Å². The van der Waals surface area contributed by atoms with Gasteiger partial charge in [0.05, 0.1) is 25.3 Å². The lowest BCUT2D eigenvalue weighted by molar-refractivity contribution is -0.115. The number of ether oxygens (including phenoxy) is 1.